The number of amides is 1. The second-order valence-corrected chi connectivity index (χ2v) is 4.19. The minimum absolute atomic E-state index is 0.0451. The van der Waals surface area contributed by atoms with Gasteiger partial charge in [-0.15, -0.1) is 0 Å². The molecule has 1 aliphatic rings. The quantitative estimate of drug-likeness (QED) is 0.789. The lowest BCUT2D eigenvalue weighted by molar-refractivity contribution is 0.138. The first-order valence-electron chi connectivity index (χ1n) is 5.47. The molecule has 0 spiro atoms. The molecule has 1 fully saturated rings. The van der Waals surface area contributed by atoms with Crippen molar-refractivity contribution < 1.29 is 9.90 Å². The molecule has 3 N–H and O–H groups in total. The first-order chi connectivity index (χ1) is 7.68. The van der Waals surface area contributed by atoms with Gasteiger partial charge in [-0.25, -0.2) is 4.79 Å². The summed E-state index contributed by atoms with van der Waals surface area (Å²) in [5.41, 5.74) is 7.09. The van der Waals surface area contributed by atoms with E-state index in [2.05, 4.69) is 0 Å². The zero-order valence-corrected chi connectivity index (χ0v) is 9.04. The minimum atomic E-state index is -0.867. The SMILES string of the molecule is NC1CCN(C(=O)O)[C@H]1Cc1ccccc1. The van der Waals surface area contributed by atoms with Crippen molar-refractivity contribution >= 4 is 6.09 Å². The molecule has 0 aromatic heterocycles. The van der Waals surface area contributed by atoms with Crippen molar-refractivity contribution in [3.8, 4) is 0 Å². The fraction of sp³-hybridized carbons (Fsp3) is 0.417. The van der Waals surface area contributed by atoms with Crippen LogP contribution in [-0.4, -0.2) is 34.7 Å². The third-order valence-electron chi connectivity index (χ3n) is 3.13. The van der Waals surface area contributed by atoms with Gasteiger partial charge >= 0.3 is 6.09 Å². The average molecular weight is 220 g/mol. The Morgan fingerprint density at radius 3 is 2.75 bits per heavy atom. The van der Waals surface area contributed by atoms with E-state index in [1.165, 1.54) is 4.90 Å². The highest BCUT2D eigenvalue weighted by Crippen LogP contribution is 2.20. The molecule has 1 unspecified atom stereocenters. The van der Waals surface area contributed by atoms with Crippen molar-refractivity contribution in [2.45, 2.75) is 24.9 Å². The van der Waals surface area contributed by atoms with Crippen LogP contribution in [0.1, 0.15) is 12.0 Å². The van der Waals surface area contributed by atoms with Crippen LogP contribution >= 0.6 is 0 Å². The zero-order chi connectivity index (χ0) is 11.5. The molecule has 4 heteroatoms. The second-order valence-electron chi connectivity index (χ2n) is 4.19. The number of likely N-dealkylation sites (tertiary alicyclic amines) is 1. The number of nitrogens with zero attached hydrogens (tertiary/aromatic N) is 1. The molecule has 0 radical (unpaired) electrons. The van der Waals surface area contributed by atoms with Crippen molar-refractivity contribution in [2.24, 2.45) is 5.73 Å². The molecular formula is C12H16N2O2. The molecule has 1 aliphatic heterocycles. The van der Waals surface area contributed by atoms with E-state index in [1.807, 2.05) is 30.3 Å². The van der Waals surface area contributed by atoms with Crippen molar-refractivity contribution in [1.82, 2.24) is 4.90 Å². The van der Waals surface area contributed by atoms with E-state index in [1.54, 1.807) is 0 Å². The van der Waals surface area contributed by atoms with Crippen molar-refractivity contribution in [3.05, 3.63) is 35.9 Å². The Morgan fingerprint density at radius 1 is 1.44 bits per heavy atom. The Balaban J connectivity index is 2.10. The average Bonchev–Trinajstić information content (AvgIpc) is 2.62. The number of carbonyl (C=O) groups is 1. The predicted molar refractivity (Wildman–Crippen MR) is 61.3 cm³/mol. The summed E-state index contributed by atoms with van der Waals surface area (Å²) in [5.74, 6) is 0. The Bertz CT molecular complexity index is 367. The molecule has 1 saturated heterocycles. The van der Waals surface area contributed by atoms with Gasteiger partial charge in [0.25, 0.3) is 0 Å². The third kappa shape index (κ3) is 2.17. The molecule has 1 amide bonds. The highest BCUT2D eigenvalue weighted by atomic mass is 16.4. The highest BCUT2D eigenvalue weighted by Gasteiger charge is 2.34. The van der Waals surface area contributed by atoms with Gasteiger partial charge in [-0.1, -0.05) is 30.3 Å². The lowest BCUT2D eigenvalue weighted by Crippen LogP contribution is -2.43. The Kier molecular flexibility index (Phi) is 3.10. The van der Waals surface area contributed by atoms with E-state index in [0.717, 1.165) is 12.0 Å². The summed E-state index contributed by atoms with van der Waals surface area (Å²) in [6, 6.07) is 9.75. The Hall–Kier alpha value is -1.55. The van der Waals surface area contributed by atoms with E-state index < -0.39 is 6.09 Å². The van der Waals surface area contributed by atoms with Crippen molar-refractivity contribution in [2.75, 3.05) is 6.54 Å². The van der Waals surface area contributed by atoms with Gasteiger partial charge in [-0.3, -0.25) is 0 Å². The van der Waals surface area contributed by atoms with Crippen LogP contribution in [-0.2, 0) is 6.42 Å². The van der Waals surface area contributed by atoms with Crippen LogP contribution in [0.2, 0.25) is 0 Å². The molecule has 4 nitrogen and oxygen atoms in total. The molecule has 16 heavy (non-hydrogen) atoms. The molecule has 2 rings (SSSR count). The van der Waals surface area contributed by atoms with Crippen molar-refractivity contribution in [1.29, 1.82) is 0 Å². The number of benzene rings is 1. The maximum absolute atomic E-state index is 11.0. The van der Waals surface area contributed by atoms with E-state index >= 15 is 0 Å². The van der Waals surface area contributed by atoms with Crippen LogP contribution in [0.4, 0.5) is 4.79 Å². The topological polar surface area (TPSA) is 66.6 Å². The van der Waals surface area contributed by atoms with E-state index in [9.17, 15) is 4.79 Å². The molecule has 1 aromatic carbocycles. The van der Waals surface area contributed by atoms with Crippen LogP contribution in [0, 0.1) is 0 Å². The largest absolute Gasteiger partial charge is 0.465 e. The molecule has 0 saturated carbocycles. The first-order valence-corrected chi connectivity index (χ1v) is 5.47. The highest BCUT2D eigenvalue weighted by molar-refractivity contribution is 5.66. The summed E-state index contributed by atoms with van der Waals surface area (Å²) in [6.07, 6.45) is 0.590. The number of carboxylic acid groups (broad SMARTS) is 1. The first kappa shape index (κ1) is 11.0. The second kappa shape index (κ2) is 4.53. The van der Waals surface area contributed by atoms with Crippen LogP contribution in [0.5, 0.6) is 0 Å². The van der Waals surface area contributed by atoms with Gasteiger partial charge < -0.3 is 15.7 Å². The lowest BCUT2D eigenvalue weighted by Gasteiger charge is -2.24. The van der Waals surface area contributed by atoms with Gasteiger partial charge in [0.2, 0.25) is 0 Å². The van der Waals surface area contributed by atoms with Gasteiger partial charge in [0.05, 0.1) is 6.04 Å². The molecular weight excluding hydrogens is 204 g/mol. The maximum Gasteiger partial charge on any atom is 0.407 e. The fourth-order valence-corrected chi connectivity index (χ4v) is 2.23. The van der Waals surface area contributed by atoms with Crippen LogP contribution < -0.4 is 5.73 Å². The van der Waals surface area contributed by atoms with Crippen LogP contribution in [0.3, 0.4) is 0 Å². The normalized spacial score (nSPS) is 24.7. The summed E-state index contributed by atoms with van der Waals surface area (Å²) < 4.78 is 0. The lowest BCUT2D eigenvalue weighted by atomic mass is 10.0. The van der Waals surface area contributed by atoms with Gasteiger partial charge in [-0.05, 0) is 18.4 Å². The van der Waals surface area contributed by atoms with Gasteiger partial charge in [0.15, 0.2) is 0 Å². The van der Waals surface area contributed by atoms with Gasteiger partial charge in [0.1, 0.15) is 0 Å². The van der Waals surface area contributed by atoms with Crippen molar-refractivity contribution in [3.63, 3.8) is 0 Å². The number of nitrogens with two attached hydrogens (primary N) is 1. The van der Waals surface area contributed by atoms with Crippen LogP contribution in [0.15, 0.2) is 30.3 Å². The minimum Gasteiger partial charge on any atom is -0.465 e. The molecule has 1 heterocycles. The van der Waals surface area contributed by atoms with E-state index in [4.69, 9.17) is 10.8 Å². The van der Waals surface area contributed by atoms with Gasteiger partial charge in [0, 0.05) is 12.6 Å². The Labute approximate surface area is 94.7 Å². The standard InChI is InChI=1S/C12H16N2O2/c13-10-6-7-14(12(15)16)11(10)8-9-4-2-1-3-5-9/h1-5,10-11H,6-8,13H2,(H,15,16)/t10?,11-/m0/s1. The molecule has 0 aliphatic carbocycles. The molecule has 0 bridgehead atoms. The van der Waals surface area contributed by atoms with Gasteiger partial charge in [-0.2, -0.15) is 0 Å². The smallest absolute Gasteiger partial charge is 0.407 e. The predicted octanol–water partition coefficient (Wildman–Crippen LogP) is 1.31. The Morgan fingerprint density at radius 2 is 2.12 bits per heavy atom. The number of hydrogen-bond donors (Lipinski definition) is 2. The summed E-state index contributed by atoms with van der Waals surface area (Å²) in [7, 11) is 0. The van der Waals surface area contributed by atoms with E-state index in [-0.39, 0.29) is 12.1 Å². The third-order valence-corrected chi connectivity index (χ3v) is 3.13. The summed E-state index contributed by atoms with van der Waals surface area (Å²) in [6.45, 7) is 0.550. The summed E-state index contributed by atoms with van der Waals surface area (Å²) >= 11 is 0. The number of rotatable bonds is 2. The number of hydrogen-bond acceptors (Lipinski definition) is 2. The summed E-state index contributed by atoms with van der Waals surface area (Å²) in [5, 5.41) is 9.05. The zero-order valence-electron chi connectivity index (χ0n) is 9.04. The maximum atomic E-state index is 11.0. The fourth-order valence-electron chi connectivity index (χ4n) is 2.23. The molecule has 86 valence electrons. The van der Waals surface area contributed by atoms with E-state index in [0.29, 0.717) is 13.0 Å². The molecule has 1 aromatic rings. The van der Waals surface area contributed by atoms with Crippen LogP contribution in [0.25, 0.3) is 0 Å². The monoisotopic (exact) mass is 220 g/mol. The summed E-state index contributed by atoms with van der Waals surface area (Å²) in [4.78, 5) is 12.5. The molecule has 2 atom stereocenters.